The SMILES string of the molecule is C=CCN(C(=O)CCn1cnc2ccccc2c1=O)c1ccccc1. The highest BCUT2D eigenvalue weighted by Crippen LogP contribution is 2.14. The van der Waals surface area contributed by atoms with E-state index < -0.39 is 0 Å². The van der Waals surface area contributed by atoms with Gasteiger partial charge in [-0.3, -0.25) is 14.2 Å². The molecule has 126 valence electrons. The molecule has 5 nitrogen and oxygen atoms in total. The predicted octanol–water partition coefficient (Wildman–Crippen LogP) is 3.01. The lowest BCUT2D eigenvalue weighted by Gasteiger charge is -2.21. The van der Waals surface area contributed by atoms with Crippen molar-refractivity contribution >= 4 is 22.5 Å². The van der Waals surface area contributed by atoms with Gasteiger partial charge in [0, 0.05) is 25.2 Å². The number of hydrogen-bond donors (Lipinski definition) is 0. The molecule has 1 heterocycles. The van der Waals surface area contributed by atoms with Crippen molar-refractivity contribution in [2.45, 2.75) is 13.0 Å². The summed E-state index contributed by atoms with van der Waals surface area (Å²) in [7, 11) is 0. The summed E-state index contributed by atoms with van der Waals surface area (Å²) in [5.41, 5.74) is 1.34. The van der Waals surface area contributed by atoms with E-state index in [9.17, 15) is 9.59 Å². The second-order valence-electron chi connectivity index (χ2n) is 5.64. The zero-order valence-corrected chi connectivity index (χ0v) is 13.8. The van der Waals surface area contributed by atoms with Gasteiger partial charge < -0.3 is 4.90 Å². The van der Waals surface area contributed by atoms with E-state index in [1.165, 1.54) is 10.9 Å². The lowest BCUT2D eigenvalue weighted by Crippen LogP contribution is -2.32. The summed E-state index contributed by atoms with van der Waals surface area (Å²) in [4.78, 5) is 31.1. The summed E-state index contributed by atoms with van der Waals surface area (Å²) in [5, 5.41) is 0.559. The highest BCUT2D eigenvalue weighted by atomic mass is 16.2. The molecular weight excluding hydrogens is 314 g/mol. The molecule has 0 unspecified atom stereocenters. The summed E-state index contributed by atoms with van der Waals surface area (Å²) < 4.78 is 1.48. The minimum atomic E-state index is -0.131. The Labute approximate surface area is 145 Å². The van der Waals surface area contributed by atoms with E-state index in [2.05, 4.69) is 11.6 Å². The molecule has 0 aliphatic heterocycles. The van der Waals surface area contributed by atoms with Gasteiger partial charge in [0.25, 0.3) is 5.56 Å². The van der Waals surface area contributed by atoms with E-state index in [1.54, 1.807) is 23.1 Å². The number of anilines is 1. The number of amides is 1. The average Bonchev–Trinajstić information content (AvgIpc) is 2.66. The molecule has 0 radical (unpaired) electrons. The van der Waals surface area contributed by atoms with Gasteiger partial charge in [-0.05, 0) is 24.3 Å². The van der Waals surface area contributed by atoms with Crippen LogP contribution < -0.4 is 10.5 Å². The molecule has 5 heteroatoms. The number of nitrogens with zero attached hydrogens (tertiary/aromatic N) is 3. The third kappa shape index (κ3) is 3.66. The van der Waals surface area contributed by atoms with Crippen molar-refractivity contribution in [2.75, 3.05) is 11.4 Å². The minimum Gasteiger partial charge on any atom is -0.309 e. The number of para-hydroxylation sites is 2. The Balaban J connectivity index is 1.78. The molecule has 25 heavy (non-hydrogen) atoms. The number of aryl methyl sites for hydroxylation is 1. The molecule has 0 bridgehead atoms. The van der Waals surface area contributed by atoms with Crippen LogP contribution in [0.2, 0.25) is 0 Å². The Bertz CT molecular complexity index is 948. The molecule has 0 saturated carbocycles. The van der Waals surface area contributed by atoms with E-state index in [1.807, 2.05) is 42.5 Å². The quantitative estimate of drug-likeness (QED) is 0.652. The number of carbonyl (C=O) groups is 1. The molecule has 1 aromatic heterocycles. The highest BCUT2D eigenvalue weighted by molar-refractivity contribution is 5.93. The normalized spacial score (nSPS) is 10.6. The van der Waals surface area contributed by atoms with Crippen molar-refractivity contribution in [3.05, 3.63) is 83.9 Å². The van der Waals surface area contributed by atoms with Crippen LogP contribution in [0, 0.1) is 0 Å². The van der Waals surface area contributed by atoms with Gasteiger partial charge in [0.1, 0.15) is 0 Å². The van der Waals surface area contributed by atoms with E-state index in [4.69, 9.17) is 0 Å². The Morgan fingerprint density at radius 3 is 2.60 bits per heavy atom. The first-order chi connectivity index (χ1) is 12.2. The fourth-order valence-electron chi connectivity index (χ4n) is 2.70. The van der Waals surface area contributed by atoms with Gasteiger partial charge in [-0.2, -0.15) is 0 Å². The van der Waals surface area contributed by atoms with Gasteiger partial charge >= 0.3 is 0 Å². The van der Waals surface area contributed by atoms with Gasteiger partial charge in [0.2, 0.25) is 5.91 Å². The number of hydrogen-bond acceptors (Lipinski definition) is 3. The number of benzene rings is 2. The first-order valence-electron chi connectivity index (χ1n) is 8.11. The first-order valence-corrected chi connectivity index (χ1v) is 8.11. The fraction of sp³-hybridized carbons (Fsp3) is 0.150. The van der Waals surface area contributed by atoms with E-state index in [-0.39, 0.29) is 24.4 Å². The monoisotopic (exact) mass is 333 g/mol. The lowest BCUT2D eigenvalue weighted by atomic mass is 10.2. The molecule has 3 rings (SSSR count). The number of carbonyl (C=O) groups excluding carboxylic acids is 1. The molecule has 0 saturated heterocycles. The molecule has 0 aliphatic rings. The third-order valence-electron chi connectivity index (χ3n) is 3.98. The molecular formula is C20H19N3O2. The zero-order valence-electron chi connectivity index (χ0n) is 13.8. The van der Waals surface area contributed by atoms with Crippen LogP contribution in [0.4, 0.5) is 5.69 Å². The molecule has 0 fully saturated rings. The molecule has 3 aromatic rings. The summed E-state index contributed by atoms with van der Waals surface area (Å²) >= 11 is 0. The lowest BCUT2D eigenvalue weighted by molar-refractivity contribution is -0.118. The Morgan fingerprint density at radius 2 is 1.84 bits per heavy atom. The number of fused-ring (bicyclic) bond motifs is 1. The van der Waals surface area contributed by atoms with E-state index >= 15 is 0 Å². The van der Waals surface area contributed by atoms with Gasteiger partial charge in [-0.1, -0.05) is 36.4 Å². The molecule has 0 N–H and O–H groups in total. The first kappa shape index (κ1) is 16.6. The average molecular weight is 333 g/mol. The zero-order chi connectivity index (χ0) is 17.6. The maximum Gasteiger partial charge on any atom is 0.261 e. The van der Waals surface area contributed by atoms with Crippen molar-refractivity contribution in [3.63, 3.8) is 0 Å². The maximum absolute atomic E-state index is 12.6. The Hall–Kier alpha value is -3.21. The molecule has 0 atom stereocenters. The fourth-order valence-corrected chi connectivity index (χ4v) is 2.70. The summed E-state index contributed by atoms with van der Waals surface area (Å²) in [6.45, 7) is 4.43. The van der Waals surface area contributed by atoms with Crippen LogP contribution in [-0.4, -0.2) is 22.0 Å². The minimum absolute atomic E-state index is 0.0637. The maximum atomic E-state index is 12.6. The topological polar surface area (TPSA) is 55.2 Å². The van der Waals surface area contributed by atoms with Gasteiger partial charge in [-0.25, -0.2) is 4.98 Å². The van der Waals surface area contributed by atoms with Gasteiger partial charge in [0.05, 0.1) is 17.2 Å². The molecule has 0 spiro atoms. The van der Waals surface area contributed by atoms with Crippen LogP contribution in [0.5, 0.6) is 0 Å². The highest BCUT2D eigenvalue weighted by Gasteiger charge is 2.14. The van der Waals surface area contributed by atoms with Crippen LogP contribution in [0.15, 0.2) is 78.4 Å². The molecule has 1 amide bonds. The van der Waals surface area contributed by atoms with Crippen molar-refractivity contribution in [3.8, 4) is 0 Å². The van der Waals surface area contributed by atoms with E-state index in [0.29, 0.717) is 17.4 Å². The molecule has 2 aromatic carbocycles. The van der Waals surface area contributed by atoms with Crippen molar-refractivity contribution in [1.29, 1.82) is 0 Å². The molecule has 0 aliphatic carbocycles. The number of aromatic nitrogens is 2. The second-order valence-corrected chi connectivity index (χ2v) is 5.64. The van der Waals surface area contributed by atoms with E-state index in [0.717, 1.165) is 5.69 Å². The van der Waals surface area contributed by atoms with Crippen molar-refractivity contribution in [2.24, 2.45) is 0 Å². The largest absolute Gasteiger partial charge is 0.309 e. The van der Waals surface area contributed by atoms with Gasteiger partial charge in [-0.15, -0.1) is 6.58 Å². The Kier molecular flexibility index (Phi) is 5.04. The van der Waals surface area contributed by atoms with Crippen molar-refractivity contribution in [1.82, 2.24) is 9.55 Å². The Morgan fingerprint density at radius 1 is 1.12 bits per heavy atom. The summed E-state index contributed by atoms with van der Waals surface area (Å²) in [5.74, 6) is -0.0637. The van der Waals surface area contributed by atoms with Crippen LogP contribution in [0.25, 0.3) is 10.9 Å². The van der Waals surface area contributed by atoms with Crippen molar-refractivity contribution < 1.29 is 4.79 Å². The van der Waals surface area contributed by atoms with Crippen LogP contribution in [0.3, 0.4) is 0 Å². The second kappa shape index (κ2) is 7.57. The summed E-state index contributed by atoms with van der Waals surface area (Å²) in [6.07, 6.45) is 3.40. The third-order valence-corrected chi connectivity index (χ3v) is 3.98. The van der Waals surface area contributed by atoms with Gasteiger partial charge in [0.15, 0.2) is 0 Å². The van der Waals surface area contributed by atoms with Crippen LogP contribution >= 0.6 is 0 Å². The van der Waals surface area contributed by atoms with Crippen LogP contribution in [-0.2, 0) is 11.3 Å². The standard InChI is InChI=1S/C20H19N3O2/c1-2-13-23(16-8-4-3-5-9-16)19(24)12-14-22-15-21-18-11-7-6-10-17(18)20(22)25/h2-11,15H,1,12-14H2. The summed E-state index contributed by atoms with van der Waals surface area (Å²) in [6, 6.07) is 16.6. The predicted molar refractivity (Wildman–Crippen MR) is 99.6 cm³/mol. The van der Waals surface area contributed by atoms with Crippen LogP contribution in [0.1, 0.15) is 6.42 Å². The smallest absolute Gasteiger partial charge is 0.261 e. The number of rotatable bonds is 6.